The number of hydrogen-bond donors (Lipinski definition) is 2. The molecule has 2 aromatic carbocycles. The topological polar surface area (TPSA) is 54.9 Å². The maximum Gasteiger partial charge on any atom is 0.214 e. The molecule has 0 unspecified atom stereocenters. The molecule has 0 radical (unpaired) electrons. The molecule has 6 heteroatoms. The first kappa shape index (κ1) is 15.3. The number of aromatic amines is 1. The second-order valence-corrected chi connectivity index (χ2v) is 5.67. The van der Waals surface area contributed by atoms with Crippen molar-refractivity contribution in [3.8, 4) is 5.75 Å². The molecule has 0 saturated heterocycles. The smallest absolute Gasteiger partial charge is 0.214 e. The predicted octanol–water partition coefficient (Wildman–Crippen LogP) is 3.57. The van der Waals surface area contributed by atoms with Crippen molar-refractivity contribution in [1.82, 2.24) is 14.9 Å². The standard InChI is InChI=1S/C17H18N4OS/c1-13-2-4-15(5-3-13)11-22-16-8-6-14(7-9-16)10-19-21-12-18-20-17(21)23/h2-9,12,19H,10-11H2,1H3,(H,20,23). The van der Waals surface area contributed by atoms with Crippen molar-refractivity contribution in [3.63, 3.8) is 0 Å². The van der Waals surface area contributed by atoms with Crippen LogP contribution in [0.15, 0.2) is 54.9 Å². The second kappa shape index (κ2) is 7.11. The zero-order valence-electron chi connectivity index (χ0n) is 12.8. The third kappa shape index (κ3) is 4.20. The summed E-state index contributed by atoms with van der Waals surface area (Å²) in [5, 5.41) is 6.55. The van der Waals surface area contributed by atoms with Gasteiger partial charge in [0.1, 0.15) is 18.7 Å². The molecule has 3 rings (SSSR count). The molecule has 0 spiro atoms. The van der Waals surface area contributed by atoms with Gasteiger partial charge in [-0.3, -0.25) is 5.10 Å². The van der Waals surface area contributed by atoms with E-state index in [0.717, 1.165) is 16.9 Å². The van der Waals surface area contributed by atoms with Crippen molar-refractivity contribution < 1.29 is 4.74 Å². The number of aromatic nitrogens is 3. The molecular formula is C17H18N4OS. The number of nitrogens with one attached hydrogen (secondary N) is 2. The number of benzene rings is 2. The molecule has 0 amide bonds. The van der Waals surface area contributed by atoms with E-state index in [1.807, 2.05) is 24.3 Å². The van der Waals surface area contributed by atoms with Crippen LogP contribution < -0.4 is 10.2 Å². The SMILES string of the molecule is Cc1ccc(COc2ccc(CNn3cn[nH]c3=S)cc2)cc1. The molecule has 1 heterocycles. The Balaban J connectivity index is 1.53. The van der Waals surface area contributed by atoms with Gasteiger partial charge >= 0.3 is 0 Å². The summed E-state index contributed by atoms with van der Waals surface area (Å²) in [5.74, 6) is 0.856. The highest BCUT2D eigenvalue weighted by atomic mass is 32.1. The van der Waals surface area contributed by atoms with Crippen LogP contribution in [0.4, 0.5) is 0 Å². The zero-order chi connectivity index (χ0) is 16.1. The fourth-order valence-electron chi connectivity index (χ4n) is 2.09. The Hall–Kier alpha value is -2.60. The summed E-state index contributed by atoms with van der Waals surface area (Å²) in [7, 11) is 0. The maximum atomic E-state index is 5.80. The van der Waals surface area contributed by atoms with E-state index in [0.29, 0.717) is 17.9 Å². The van der Waals surface area contributed by atoms with E-state index >= 15 is 0 Å². The summed E-state index contributed by atoms with van der Waals surface area (Å²) in [4.78, 5) is 0. The normalized spacial score (nSPS) is 10.5. The van der Waals surface area contributed by atoms with Crippen molar-refractivity contribution in [2.24, 2.45) is 0 Å². The number of nitrogens with zero attached hydrogens (tertiary/aromatic N) is 2. The molecule has 0 fully saturated rings. The van der Waals surface area contributed by atoms with Gasteiger partial charge in [0.05, 0.1) is 6.54 Å². The van der Waals surface area contributed by atoms with E-state index in [1.165, 1.54) is 5.56 Å². The van der Waals surface area contributed by atoms with Crippen LogP contribution >= 0.6 is 12.2 Å². The van der Waals surface area contributed by atoms with E-state index in [9.17, 15) is 0 Å². The minimum Gasteiger partial charge on any atom is -0.489 e. The van der Waals surface area contributed by atoms with Gasteiger partial charge in [-0.2, -0.15) is 5.10 Å². The molecule has 0 atom stereocenters. The average Bonchev–Trinajstić information content (AvgIpc) is 2.98. The second-order valence-electron chi connectivity index (χ2n) is 5.28. The van der Waals surface area contributed by atoms with Gasteiger partial charge in [0.15, 0.2) is 0 Å². The zero-order valence-corrected chi connectivity index (χ0v) is 13.6. The van der Waals surface area contributed by atoms with Crippen LogP contribution in [0.25, 0.3) is 0 Å². The lowest BCUT2D eigenvalue weighted by Gasteiger charge is -2.09. The van der Waals surface area contributed by atoms with Crippen molar-refractivity contribution in [3.05, 3.63) is 76.3 Å². The van der Waals surface area contributed by atoms with Crippen LogP contribution in [-0.4, -0.2) is 14.9 Å². The lowest BCUT2D eigenvalue weighted by atomic mass is 10.2. The molecule has 3 aromatic rings. The molecule has 0 aliphatic rings. The third-order valence-electron chi connectivity index (χ3n) is 3.46. The van der Waals surface area contributed by atoms with Gasteiger partial charge in [-0.1, -0.05) is 42.0 Å². The van der Waals surface area contributed by atoms with Crippen molar-refractivity contribution in [2.45, 2.75) is 20.1 Å². The highest BCUT2D eigenvalue weighted by molar-refractivity contribution is 7.71. The molecule has 23 heavy (non-hydrogen) atoms. The van der Waals surface area contributed by atoms with Gasteiger partial charge in [0, 0.05) is 0 Å². The van der Waals surface area contributed by atoms with Crippen LogP contribution in [0, 0.1) is 11.7 Å². The third-order valence-corrected chi connectivity index (χ3v) is 3.74. The van der Waals surface area contributed by atoms with Gasteiger partial charge in [0.2, 0.25) is 4.77 Å². The van der Waals surface area contributed by atoms with Gasteiger partial charge in [-0.05, 0) is 42.4 Å². The molecule has 0 aliphatic heterocycles. The van der Waals surface area contributed by atoms with Crippen molar-refractivity contribution in [1.29, 1.82) is 0 Å². The van der Waals surface area contributed by atoms with Crippen LogP contribution in [-0.2, 0) is 13.2 Å². The fraction of sp³-hybridized carbons (Fsp3) is 0.176. The van der Waals surface area contributed by atoms with Crippen molar-refractivity contribution in [2.75, 3.05) is 5.43 Å². The summed E-state index contributed by atoms with van der Waals surface area (Å²) in [5.41, 5.74) is 6.72. The number of hydrogen-bond acceptors (Lipinski definition) is 4. The van der Waals surface area contributed by atoms with Gasteiger partial charge < -0.3 is 10.2 Å². The predicted molar refractivity (Wildman–Crippen MR) is 92.4 cm³/mol. The molecular weight excluding hydrogens is 308 g/mol. The Kier molecular flexibility index (Phi) is 4.73. The Bertz CT molecular complexity index is 806. The minimum atomic E-state index is 0.544. The average molecular weight is 326 g/mol. The number of ether oxygens (including phenoxy) is 1. The Labute approximate surface area is 139 Å². The fourth-order valence-corrected chi connectivity index (χ4v) is 2.26. The molecule has 2 N–H and O–H groups in total. The summed E-state index contributed by atoms with van der Waals surface area (Å²) in [6.07, 6.45) is 1.61. The lowest BCUT2D eigenvalue weighted by molar-refractivity contribution is 0.306. The van der Waals surface area contributed by atoms with Crippen molar-refractivity contribution >= 4 is 12.2 Å². The summed E-state index contributed by atoms with van der Waals surface area (Å²) in [6.45, 7) is 3.31. The molecule has 0 aliphatic carbocycles. The number of aryl methyl sites for hydroxylation is 1. The van der Waals surface area contributed by atoms with E-state index in [-0.39, 0.29) is 0 Å². The largest absolute Gasteiger partial charge is 0.489 e. The molecule has 5 nitrogen and oxygen atoms in total. The first-order chi connectivity index (χ1) is 11.2. The van der Waals surface area contributed by atoms with Crippen LogP contribution in [0.2, 0.25) is 0 Å². The van der Waals surface area contributed by atoms with Crippen LogP contribution in [0.3, 0.4) is 0 Å². The molecule has 118 valence electrons. The Morgan fingerprint density at radius 2 is 1.78 bits per heavy atom. The monoisotopic (exact) mass is 326 g/mol. The van der Waals surface area contributed by atoms with Crippen LogP contribution in [0.1, 0.15) is 16.7 Å². The van der Waals surface area contributed by atoms with E-state index < -0.39 is 0 Å². The first-order valence-electron chi connectivity index (χ1n) is 7.34. The summed E-state index contributed by atoms with van der Waals surface area (Å²) < 4.78 is 8.02. The first-order valence-corrected chi connectivity index (χ1v) is 7.75. The Morgan fingerprint density at radius 1 is 1.09 bits per heavy atom. The van der Waals surface area contributed by atoms with E-state index in [4.69, 9.17) is 17.0 Å². The highest BCUT2D eigenvalue weighted by Gasteiger charge is 1.98. The maximum absolute atomic E-state index is 5.80. The van der Waals surface area contributed by atoms with E-state index in [2.05, 4.69) is 46.8 Å². The number of rotatable bonds is 6. The van der Waals surface area contributed by atoms with E-state index in [1.54, 1.807) is 11.0 Å². The summed E-state index contributed by atoms with van der Waals surface area (Å²) >= 11 is 5.07. The van der Waals surface area contributed by atoms with Crippen LogP contribution in [0.5, 0.6) is 5.75 Å². The highest BCUT2D eigenvalue weighted by Crippen LogP contribution is 2.14. The molecule has 1 aromatic heterocycles. The minimum absolute atomic E-state index is 0.544. The van der Waals surface area contributed by atoms with Gasteiger partial charge in [-0.15, -0.1) is 0 Å². The number of H-pyrrole nitrogens is 1. The molecule has 0 saturated carbocycles. The Morgan fingerprint density at radius 3 is 2.43 bits per heavy atom. The molecule has 0 bridgehead atoms. The summed E-state index contributed by atoms with van der Waals surface area (Å²) in [6, 6.07) is 16.4. The lowest BCUT2D eigenvalue weighted by Crippen LogP contribution is -2.13. The quantitative estimate of drug-likeness (QED) is 0.680. The van der Waals surface area contributed by atoms with Gasteiger partial charge in [-0.25, -0.2) is 4.68 Å². The van der Waals surface area contributed by atoms with Gasteiger partial charge in [0.25, 0.3) is 0 Å².